The van der Waals surface area contributed by atoms with Crippen LogP contribution in [0.25, 0.3) is 0 Å². The molecule has 1 aromatic carbocycles. The predicted octanol–water partition coefficient (Wildman–Crippen LogP) is 6.52. The van der Waals surface area contributed by atoms with Gasteiger partial charge < -0.3 is 9.47 Å². The topological polar surface area (TPSA) is 18.5 Å². The fourth-order valence-corrected chi connectivity index (χ4v) is 4.61. The van der Waals surface area contributed by atoms with Gasteiger partial charge in [-0.05, 0) is 55.2 Å². The van der Waals surface area contributed by atoms with Crippen LogP contribution in [-0.2, 0) is 16.1 Å². The molecule has 2 nitrogen and oxygen atoms in total. The SMILES string of the molecule is CCCCC(C)C1COC(C2CCC(c3cc(F)c(CF)c(F)c3)CC2)OC1. The van der Waals surface area contributed by atoms with Crippen molar-refractivity contribution in [1.29, 1.82) is 0 Å². The summed E-state index contributed by atoms with van der Waals surface area (Å²) in [6.07, 6.45) is 7.05. The molecule has 1 aliphatic carbocycles. The van der Waals surface area contributed by atoms with Crippen LogP contribution in [0.15, 0.2) is 12.1 Å². The maximum Gasteiger partial charge on any atom is 0.160 e. The minimum atomic E-state index is -1.11. The van der Waals surface area contributed by atoms with Gasteiger partial charge in [0, 0.05) is 11.8 Å². The summed E-state index contributed by atoms with van der Waals surface area (Å²) < 4.78 is 52.6. The highest BCUT2D eigenvalue weighted by molar-refractivity contribution is 5.28. The third-order valence-electron chi connectivity index (χ3n) is 6.69. The van der Waals surface area contributed by atoms with Crippen molar-refractivity contribution in [3.63, 3.8) is 0 Å². The average molecular weight is 399 g/mol. The number of alkyl halides is 1. The summed E-state index contributed by atoms with van der Waals surface area (Å²) in [5.74, 6) is -0.0151. The second-order valence-corrected chi connectivity index (χ2v) is 8.62. The maximum atomic E-state index is 13.9. The zero-order chi connectivity index (χ0) is 20.1. The number of hydrogen-bond donors (Lipinski definition) is 0. The highest BCUT2D eigenvalue weighted by Gasteiger charge is 2.34. The first-order valence-electron chi connectivity index (χ1n) is 10.8. The molecular weight excluding hydrogens is 365 g/mol. The molecule has 5 heteroatoms. The van der Waals surface area contributed by atoms with Crippen LogP contribution in [-0.4, -0.2) is 19.5 Å². The van der Waals surface area contributed by atoms with E-state index in [9.17, 15) is 13.2 Å². The molecular formula is C23H33F3O2. The normalized spacial score (nSPS) is 29.6. The van der Waals surface area contributed by atoms with Crippen LogP contribution in [0.2, 0.25) is 0 Å². The molecule has 1 heterocycles. The van der Waals surface area contributed by atoms with Crippen molar-refractivity contribution in [1.82, 2.24) is 0 Å². The summed E-state index contributed by atoms with van der Waals surface area (Å²) in [5, 5.41) is 0. The monoisotopic (exact) mass is 398 g/mol. The number of hydrogen-bond acceptors (Lipinski definition) is 2. The zero-order valence-corrected chi connectivity index (χ0v) is 17.1. The molecule has 1 saturated carbocycles. The summed E-state index contributed by atoms with van der Waals surface area (Å²) in [6, 6.07) is 2.61. The average Bonchev–Trinajstić information content (AvgIpc) is 2.72. The van der Waals surface area contributed by atoms with Crippen LogP contribution < -0.4 is 0 Å². The minimum Gasteiger partial charge on any atom is -0.352 e. The fraction of sp³-hybridized carbons (Fsp3) is 0.739. The molecule has 1 aromatic rings. The highest BCUT2D eigenvalue weighted by atomic mass is 19.1. The van der Waals surface area contributed by atoms with E-state index >= 15 is 0 Å². The van der Waals surface area contributed by atoms with Crippen LogP contribution in [0.5, 0.6) is 0 Å². The van der Waals surface area contributed by atoms with Crippen molar-refractivity contribution in [3.8, 4) is 0 Å². The Hall–Kier alpha value is -1.07. The molecule has 3 rings (SSSR count). The molecule has 0 radical (unpaired) electrons. The molecule has 0 bridgehead atoms. The van der Waals surface area contributed by atoms with Gasteiger partial charge in [-0.2, -0.15) is 0 Å². The van der Waals surface area contributed by atoms with Crippen LogP contribution in [0.4, 0.5) is 13.2 Å². The first kappa shape index (κ1) is 21.6. The van der Waals surface area contributed by atoms with E-state index in [4.69, 9.17) is 9.47 Å². The van der Waals surface area contributed by atoms with E-state index in [0.717, 1.165) is 38.9 Å². The quantitative estimate of drug-likeness (QED) is 0.520. The van der Waals surface area contributed by atoms with Gasteiger partial charge in [-0.25, -0.2) is 13.2 Å². The molecule has 158 valence electrons. The smallest absolute Gasteiger partial charge is 0.160 e. The molecule has 0 N–H and O–H groups in total. The van der Waals surface area contributed by atoms with Crippen LogP contribution >= 0.6 is 0 Å². The van der Waals surface area contributed by atoms with Crippen molar-refractivity contribution in [2.45, 2.75) is 77.7 Å². The summed E-state index contributed by atoms with van der Waals surface area (Å²) in [7, 11) is 0. The Morgan fingerprint density at radius 1 is 1.04 bits per heavy atom. The molecule has 0 amide bonds. The third kappa shape index (κ3) is 5.10. The Kier molecular flexibility index (Phi) is 7.81. The summed E-state index contributed by atoms with van der Waals surface area (Å²) in [6.45, 7) is 4.91. The number of unbranched alkanes of at least 4 members (excludes halogenated alkanes) is 1. The number of benzene rings is 1. The number of halogens is 3. The Bertz CT molecular complexity index is 597. The van der Waals surface area contributed by atoms with E-state index in [1.165, 1.54) is 31.4 Å². The lowest BCUT2D eigenvalue weighted by Gasteiger charge is -2.39. The molecule has 1 atom stereocenters. The second kappa shape index (κ2) is 10.1. The standard InChI is InChI=1S/C23H33F3O2/c1-3-4-5-15(2)19-13-27-23(28-14-19)17-8-6-16(7-9-17)18-10-21(25)20(12-24)22(26)11-18/h10-11,15-17,19,23H,3-9,12-14H2,1-2H3. The van der Waals surface area contributed by atoms with Gasteiger partial charge in [-0.3, -0.25) is 0 Å². The van der Waals surface area contributed by atoms with Crippen LogP contribution in [0.3, 0.4) is 0 Å². The van der Waals surface area contributed by atoms with E-state index in [1.807, 2.05) is 0 Å². The van der Waals surface area contributed by atoms with Gasteiger partial charge in [-0.1, -0.05) is 33.1 Å². The molecule has 1 aliphatic heterocycles. The third-order valence-corrected chi connectivity index (χ3v) is 6.69. The molecule has 1 saturated heterocycles. The van der Waals surface area contributed by atoms with E-state index < -0.39 is 23.9 Å². The number of ether oxygens (including phenoxy) is 2. The Balaban J connectivity index is 1.49. The first-order chi connectivity index (χ1) is 13.5. The summed E-state index contributed by atoms with van der Waals surface area (Å²) in [4.78, 5) is 0. The molecule has 1 unspecified atom stereocenters. The lowest BCUT2D eigenvalue weighted by Crippen LogP contribution is -2.40. The minimum absolute atomic E-state index is 0.110. The first-order valence-corrected chi connectivity index (χ1v) is 10.8. The van der Waals surface area contributed by atoms with Crippen molar-refractivity contribution in [3.05, 3.63) is 34.9 Å². The Morgan fingerprint density at radius 3 is 2.18 bits per heavy atom. The van der Waals surface area contributed by atoms with Gasteiger partial charge >= 0.3 is 0 Å². The van der Waals surface area contributed by atoms with Crippen LogP contribution in [0.1, 0.15) is 75.8 Å². The predicted molar refractivity (Wildman–Crippen MR) is 104 cm³/mol. The summed E-state index contributed by atoms with van der Waals surface area (Å²) >= 11 is 0. The molecule has 2 fully saturated rings. The highest BCUT2D eigenvalue weighted by Crippen LogP contribution is 2.40. The van der Waals surface area contributed by atoms with Gasteiger partial charge in [0.05, 0.1) is 18.8 Å². The van der Waals surface area contributed by atoms with Gasteiger partial charge in [0.2, 0.25) is 0 Å². The second-order valence-electron chi connectivity index (χ2n) is 8.62. The largest absolute Gasteiger partial charge is 0.352 e. The van der Waals surface area contributed by atoms with Gasteiger partial charge in [0.1, 0.15) is 18.3 Å². The Labute approximate surface area is 166 Å². The molecule has 28 heavy (non-hydrogen) atoms. The zero-order valence-electron chi connectivity index (χ0n) is 17.1. The molecule has 2 aliphatic rings. The van der Waals surface area contributed by atoms with Gasteiger partial charge in [0.15, 0.2) is 6.29 Å². The van der Waals surface area contributed by atoms with Gasteiger partial charge in [-0.15, -0.1) is 0 Å². The van der Waals surface area contributed by atoms with Crippen molar-refractivity contribution in [2.75, 3.05) is 13.2 Å². The molecule has 0 spiro atoms. The van der Waals surface area contributed by atoms with Crippen molar-refractivity contribution < 1.29 is 22.6 Å². The van der Waals surface area contributed by atoms with E-state index in [0.29, 0.717) is 23.3 Å². The number of rotatable bonds is 7. The van der Waals surface area contributed by atoms with Crippen LogP contribution in [0, 0.1) is 29.4 Å². The van der Waals surface area contributed by atoms with Crippen molar-refractivity contribution in [2.24, 2.45) is 17.8 Å². The summed E-state index contributed by atoms with van der Waals surface area (Å²) in [5.41, 5.74) is 0.171. The van der Waals surface area contributed by atoms with E-state index in [2.05, 4.69) is 13.8 Å². The lowest BCUT2D eigenvalue weighted by atomic mass is 9.78. The van der Waals surface area contributed by atoms with Crippen molar-refractivity contribution >= 4 is 0 Å². The fourth-order valence-electron chi connectivity index (χ4n) is 4.61. The maximum absolute atomic E-state index is 13.9. The van der Waals surface area contributed by atoms with Gasteiger partial charge in [0.25, 0.3) is 0 Å². The van der Waals surface area contributed by atoms with E-state index in [-0.39, 0.29) is 12.2 Å². The lowest BCUT2D eigenvalue weighted by molar-refractivity contribution is -0.234. The Morgan fingerprint density at radius 2 is 1.64 bits per heavy atom. The molecule has 0 aromatic heterocycles. The van der Waals surface area contributed by atoms with E-state index in [1.54, 1.807) is 0 Å².